The van der Waals surface area contributed by atoms with Crippen LogP contribution in [0, 0.1) is 0 Å². The first-order valence-electron chi connectivity index (χ1n) is 13.1. The Morgan fingerprint density at radius 1 is 0.647 bits per heavy atom. The van der Waals surface area contributed by atoms with Gasteiger partial charge in [0, 0.05) is 6.42 Å². The van der Waals surface area contributed by atoms with Crippen LogP contribution in [0.1, 0.15) is 129 Å². The number of unbranched alkanes of at least 4 members (excludes halogenated alkanes) is 13. The van der Waals surface area contributed by atoms with Crippen molar-refractivity contribution in [1.29, 1.82) is 0 Å². The van der Waals surface area contributed by atoms with Gasteiger partial charge in [0.05, 0.1) is 19.4 Å². The summed E-state index contributed by atoms with van der Waals surface area (Å²) in [6.45, 7) is 4.21. The fourth-order valence-corrected chi connectivity index (χ4v) is 3.67. The van der Waals surface area contributed by atoms with Crippen molar-refractivity contribution in [2.45, 2.75) is 135 Å². The van der Waals surface area contributed by atoms with E-state index in [-0.39, 0.29) is 13.0 Å². The maximum atomic E-state index is 12.3. The normalized spacial score (nSPS) is 12.7. The van der Waals surface area contributed by atoms with E-state index in [1.807, 2.05) is 6.92 Å². The van der Waals surface area contributed by atoms with Gasteiger partial charge in [0.15, 0.2) is 5.60 Å². The Morgan fingerprint density at radius 2 is 1.12 bits per heavy atom. The smallest absolute Gasteiger partial charge is 0.339 e. The molecule has 0 aromatic rings. The first kappa shape index (κ1) is 32.0. The monoisotopic (exact) mass is 486 g/mol. The largest absolute Gasteiger partial charge is 0.481 e. The van der Waals surface area contributed by atoms with Crippen molar-refractivity contribution in [3.63, 3.8) is 0 Å². The van der Waals surface area contributed by atoms with Crippen molar-refractivity contribution < 1.29 is 38.9 Å². The lowest BCUT2D eigenvalue weighted by atomic mass is 9.95. The topological polar surface area (TPSA) is 127 Å². The summed E-state index contributed by atoms with van der Waals surface area (Å²) >= 11 is 0. The first-order chi connectivity index (χ1) is 16.2. The molecule has 0 saturated heterocycles. The van der Waals surface area contributed by atoms with Gasteiger partial charge in [0.25, 0.3) is 0 Å². The molecule has 1 atom stereocenters. The molecule has 0 fully saturated rings. The van der Waals surface area contributed by atoms with Gasteiger partial charge in [0.1, 0.15) is 0 Å². The third kappa shape index (κ3) is 17.5. The van der Waals surface area contributed by atoms with E-state index in [0.29, 0.717) is 12.8 Å². The van der Waals surface area contributed by atoms with Crippen LogP contribution in [0.5, 0.6) is 0 Å². The molecule has 0 aliphatic carbocycles. The lowest BCUT2D eigenvalue weighted by Crippen LogP contribution is -2.44. The third-order valence-corrected chi connectivity index (χ3v) is 5.70. The maximum Gasteiger partial charge on any atom is 0.339 e. The lowest BCUT2D eigenvalue weighted by Gasteiger charge is -2.23. The zero-order valence-corrected chi connectivity index (χ0v) is 21.3. The number of esters is 3. The van der Waals surface area contributed by atoms with Crippen LogP contribution in [0.15, 0.2) is 0 Å². The minimum atomic E-state index is -2.57. The number of aliphatic carboxylic acids is 1. The SMILES string of the molecule is CCCCCCCCCCCCCCOC(=O)C(O)(CC(=O)O)CC(=O)OC(=O)CCCCC. The van der Waals surface area contributed by atoms with Gasteiger partial charge >= 0.3 is 23.9 Å². The van der Waals surface area contributed by atoms with Crippen LogP contribution in [0.2, 0.25) is 0 Å². The van der Waals surface area contributed by atoms with Gasteiger partial charge in [-0.2, -0.15) is 0 Å². The van der Waals surface area contributed by atoms with Crippen molar-refractivity contribution in [2.75, 3.05) is 6.61 Å². The minimum Gasteiger partial charge on any atom is -0.481 e. The summed E-state index contributed by atoms with van der Waals surface area (Å²) in [5, 5.41) is 19.5. The highest BCUT2D eigenvalue weighted by atomic mass is 16.6. The third-order valence-electron chi connectivity index (χ3n) is 5.70. The Hall–Kier alpha value is -1.96. The number of ether oxygens (including phenoxy) is 2. The summed E-state index contributed by atoms with van der Waals surface area (Å²) in [6.07, 6.45) is 14.1. The van der Waals surface area contributed by atoms with Crippen molar-refractivity contribution in [3.05, 3.63) is 0 Å². The van der Waals surface area contributed by atoms with Gasteiger partial charge < -0.3 is 19.7 Å². The second kappa shape index (κ2) is 20.4. The zero-order valence-electron chi connectivity index (χ0n) is 21.3. The van der Waals surface area contributed by atoms with Crippen LogP contribution >= 0.6 is 0 Å². The van der Waals surface area contributed by atoms with Gasteiger partial charge in [0.2, 0.25) is 0 Å². The minimum absolute atomic E-state index is 0.0309. The number of carbonyl (C=O) groups excluding carboxylic acids is 3. The summed E-state index contributed by atoms with van der Waals surface area (Å²) in [6, 6.07) is 0. The molecule has 198 valence electrons. The van der Waals surface area contributed by atoms with E-state index < -0.39 is 42.3 Å². The summed E-state index contributed by atoms with van der Waals surface area (Å²) in [7, 11) is 0. The summed E-state index contributed by atoms with van der Waals surface area (Å²) in [5.41, 5.74) is -2.57. The molecule has 34 heavy (non-hydrogen) atoms. The predicted molar refractivity (Wildman–Crippen MR) is 129 cm³/mol. The van der Waals surface area contributed by atoms with E-state index in [1.165, 1.54) is 51.4 Å². The average molecular weight is 487 g/mol. The van der Waals surface area contributed by atoms with E-state index in [9.17, 15) is 24.3 Å². The summed E-state index contributed by atoms with van der Waals surface area (Å²) < 4.78 is 9.65. The molecule has 0 saturated carbocycles. The van der Waals surface area contributed by atoms with Crippen LogP contribution in [-0.4, -0.2) is 46.3 Å². The summed E-state index contributed by atoms with van der Waals surface area (Å²) in [4.78, 5) is 47.0. The predicted octanol–water partition coefficient (Wildman–Crippen LogP) is 5.48. The van der Waals surface area contributed by atoms with Crippen LogP contribution in [0.4, 0.5) is 0 Å². The van der Waals surface area contributed by atoms with Crippen LogP contribution in [0.3, 0.4) is 0 Å². The molecule has 0 bridgehead atoms. The molecule has 1 unspecified atom stereocenters. The van der Waals surface area contributed by atoms with Crippen molar-refractivity contribution >= 4 is 23.9 Å². The lowest BCUT2D eigenvalue weighted by molar-refractivity contribution is -0.178. The molecule has 8 nitrogen and oxygen atoms in total. The van der Waals surface area contributed by atoms with Gasteiger partial charge in [-0.3, -0.25) is 14.4 Å². The van der Waals surface area contributed by atoms with E-state index >= 15 is 0 Å². The molecule has 0 aromatic carbocycles. The molecule has 2 N–H and O–H groups in total. The number of carboxylic acid groups (broad SMARTS) is 1. The number of carbonyl (C=O) groups is 4. The Morgan fingerprint density at radius 3 is 1.62 bits per heavy atom. The second-order valence-corrected chi connectivity index (χ2v) is 9.11. The number of hydrogen-bond donors (Lipinski definition) is 2. The van der Waals surface area contributed by atoms with Crippen LogP contribution in [0.25, 0.3) is 0 Å². The molecule has 0 aliphatic rings. The van der Waals surface area contributed by atoms with Crippen LogP contribution < -0.4 is 0 Å². The van der Waals surface area contributed by atoms with Gasteiger partial charge in [-0.25, -0.2) is 4.79 Å². The average Bonchev–Trinajstić information content (AvgIpc) is 2.76. The Kier molecular flexibility index (Phi) is 19.2. The molecule has 0 heterocycles. The number of hydrogen-bond acceptors (Lipinski definition) is 7. The highest BCUT2D eigenvalue weighted by molar-refractivity contribution is 5.92. The number of carboxylic acids is 1. The zero-order chi connectivity index (χ0) is 25.7. The molecule has 0 spiro atoms. The molecule has 8 heteroatoms. The van der Waals surface area contributed by atoms with Crippen LogP contribution in [-0.2, 0) is 28.7 Å². The van der Waals surface area contributed by atoms with Gasteiger partial charge in [-0.15, -0.1) is 0 Å². The van der Waals surface area contributed by atoms with E-state index in [0.717, 1.165) is 32.1 Å². The van der Waals surface area contributed by atoms with E-state index in [4.69, 9.17) is 9.84 Å². The van der Waals surface area contributed by atoms with Crippen molar-refractivity contribution in [2.24, 2.45) is 0 Å². The van der Waals surface area contributed by atoms with Crippen molar-refractivity contribution in [1.82, 2.24) is 0 Å². The number of rotatable bonds is 22. The second-order valence-electron chi connectivity index (χ2n) is 9.11. The number of aliphatic hydroxyl groups is 1. The fraction of sp³-hybridized carbons (Fsp3) is 0.846. The molecule has 0 aromatic heterocycles. The Labute approximate surface area is 204 Å². The molecule has 0 radical (unpaired) electrons. The molecular weight excluding hydrogens is 440 g/mol. The first-order valence-corrected chi connectivity index (χ1v) is 13.1. The maximum absolute atomic E-state index is 12.3. The van der Waals surface area contributed by atoms with E-state index in [1.54, 1.807) is 0 Å². The Balaban J connectivity index is 4.17. The quantitative estimate of drug-likeness (QED) is 0.117. The highest BCUT2D eigenvalue weighted by Crippen LogP contribution is 2.20. The fourth-order valence-electron chi connectivity index (χ4n) is 3.67. The molecule has 0 amide bonds. The highest BCUT2D eigenvalue weighted by Gasteiger charge is 2.43. The molecule has 0 rings (SSSR count). The van der Waals surface area contributed by atoms with Crippen molar-refractivity contribution in [3.8, 4) is 0 Å². The molecule has 0 aliphatic heterocycles. The summed E-state index contributed by atoms with van der Waals surface area (Å²) in [5.74, 6) is -4.56. The Bertz CT molecular complexity index is 589. The van der Waals surface area contributed by atoms with Gasteiger partial charge in [-0.1, -0.05) is 97.3 Å². The standard InChI is InChI=1S/C26H46O8/c1-3-5-7-8-9-10-11-12-13-14-15-17-19-33-25(31)26(32,20-22(27)28)21-24(30)34-23(29)18-16-6-4-2/h32H,3-21H2,1-2H3,(H,27,28). The van der Waals surface area contributed by atoms with E-state index in [2.05, 4.69) is 11.7 Å². The molecular formula is C26H46O8. The van der Waals surface area contributed by atoms with Gasteiger partial charge in [-0.05, 0) is 12.8 Å².